The second kappa shape index (κ2) is 32.7. The number of amides is 1. The molecule has 0 aliphatic heterocycles. The zero-order valence-corrected chi connectivity index (χ0v) is 37.2. The Morgan fingerprint density at radius 3 is 1.98 bits per heavy atom. The van der Waals surface area contributed by atoms with E-state index in [2.05, 4.69) is 19.2 Å². The Morgan fingerprint density at radius 2 is 1.38 bits per heavy atom. The van der Waals surface area contributed by atoms with E-state index in [1.807, 2.05) is 39.4 Å². The van der Waals surface area contributed by atoms with Crippen LogP contribution in [0.3, 0.4) is 0 Å². The number of phosphoric ester groups is 1. The van der Waals surface area contributed by atoms with E-state index in [0.29, 0.717) is 49.7 Å². The number of hydrogen-bond acceptors (Lipinski definition) is 8. The molecule has 0 aromatic carbocycles. The number of likely N-dealkylation sites (N-methyl/N-ethyl adjacent to an activating group) is 1. The van der Waals surface area contributed by atoms with Gasteiger partial charge in [-0.15, -0.1) is 0 Å². The molecule has 0 saturated heterocycles. The molecule has 0 aromatic heterocycles. The van der Waals surface area contributed by atoms with Gasteiger partial charge >= 0.3 is 7.82 Å². The lowest BCUT2D eigenvalue weighted by atomic mass is 9.89. The molecule has 56 heavy (non-hydrogen) atoms. The highest BCUT2D eigenvalue weighted by molar-refractivity contribution is 7.47. The van der Waals surface area contributed by atoms with Gasteiger partial charge in [0.1, 0.15) is 13.2 Å². The van der Waals surface area contributed by atoms with Crippen LogP contribution in [0.4, 0.5) is 0 Å². The van der Waals surface area contributed by atoms with Crippen molar-refractivity contribution >= 4 is 13.7 Å². The maximum atomic E-state index is 12.9. The maximum Gasteiger partial charge on any atom is 0.472 e. The highest BCUT2D eigenvalue weighted by Gasteiger charge is 2.39. The second-order valence-electron chi connectivity index (χ2n) is 17.2. The minimum absolute atomic E-state index is 0.0668. The van der Waals surface area contributed by atoms with E-state index in [9.17, 15) is 29.6 Å². The van der Waals surface area contributed by atoms with Gasteiger partial charge in [0.25, 0.3) is 0 Å². The molecule has 12 heteroatoms. The lowest BCUT2D eigenvalue weighted by Crippen LogP contribution is -2.41. The van der Waals surface area contributed by atoms with E-state index in [-0.39, 0.29) is 44.0 Å². The number of ether oxygens (including phenoxy) is 1. The fourth-order valence-electron chi connectivity index (χ4n) is 7.12. The molecule has 5 N–H and O–H groups in total. The molecule has 0 bridgehead atoms. The number of phosphoric acid groups is 1. The predicted octanol–water partition coefficient (Wildman–Crippen LogP) is 8.78. The number of aliphatic hydroxyl groups is 3. The first kappa shape index (κ1) is 52.9. The van der Waals surface area contributed by atoms with E-state index in [4.69, 9.17) is 13.8 Å². The molecule has 1 rings (SSSR count). The van der Waals surface area contributed by atoms with Crippen molar-refractivity contribution in [3.63, 3.8) is 0 Å². The van der Waals surface area contributed by atoms with Crippen molar-refractivity contribution in [3.05, 3.63) is 24.3 Å². The summed E-state index contributed by atoms with van der Waals surface area (Å²) in [5, 5.41) is 34.3. The summed E-state index contributed by atoms with van der Waals surface area (Å²) in [5.74, 6) is -0.537. The van der Waals surface area contributed by atoms with Crippen LogP contribution in [-0.4, -0.2) is 109 Å². The molecule has 1 saturated carbocycles. The third-order valence-corrected chi connectivity index (χ3v) is 11.7. The van der Waals surface area contributed by atoms with Crippen LogP contribution in [0.25, 0.3) is 0 Å². The molecular weight excluding hydrogens is 731 g/mol. The summed E-state index contributed by atoms with van der Waals surface area (Å²) in [6.45, 7) is 5.51. The molecule has 0 spiro atoms. The van der Waals surface area contributed by atoms with Crippen molar-refractivity contribution in [2.45, 2.75) is 186 Å². The minimum Gasteiger partial charge on any atom is -0.393 e. The van der Waals surface area contributed by atoms with Gasteiger partial charge in [-0.05, 0) is 38.0 Å². The van der Waals surface area contributed by atoms with Gasteiger partial charge in [-0.3, -0.25) is 13.8 Å². The number of carbonyl (C=O) groups excluding carboxylic acids is 1. The average molecular weight is 818 g/mol. The molecule has 1 aliphatic rings. The van der Waals surface area contributed by atoms with Crippen molar-refractivity contribution in [1.29, 1.82) is 0 Å². The molecule has 1 fully saturated rings. The number of aliphatic hydroxyl groups excluding tert-OH is 3. The van der Waals surface area contributed by atoms with Crippen molar-refractivity contribution in [3.8, 4) is 0 Å². The van der Waals surface area contributed by atoms with Crippen LogP contribution in [0, 0.1) is 11.8 Å². The van der Waals surface area contributed by atoms with Gasteiger partial charge in [-0.2, -0.15) is 0 Å². The number of nitrogens with zero attached hydrogens (tertiary/aromatic N) is 1. The smallest absolute Gasteiger partial charge is 0.393 e. The van der Waals surface area contributed by atoms with Crippen LogP contribution in [0.2, 0.25) is 0 Å². The molecule has 0 heterocycles. The third kappa shape index (κ3) is 29.1. The third-order valence-electron chi connectivity index (χ3n) is 10.7. The summed E-state index contributed by atoms with van der Waals surface area (Å²) < 4.78 is 29.5. The van der Waals surface area contributed by atoms with Crippen LogP contribution in [0.1, 0.15) is 162 Å². The summed E-state index contributed by atoms with van der Waals surface area (Å²) in [6, 6.07) is -0.599. The van der Waals surface area contributed by atoms with E-state index in [1.54, 1.807) is 6.08 Å². The van der Waals surface area contributed by atoms with Crippen molar-refractivity contribution < 1.29 is 47.8 Å². The van der Waals surface area contributed by atoms with Gasteiger partial charge in [-0.1, -0.05) is 141 Å². The Hall–Kier alpha value is -1.14. The van der Waals surface area contributed by atoms with Crippen LogP contribution in [0.5, 0.6) is 0 Å². The van der Waals surface area contributed by atoms with Gasteiger partial charge in [0.15, 0.2) is 0 Å². The summed E-state index contributed by atoms with van der Waals surface area (Å²) in [5.41, 5.74) is 0. The first-order chi connectivity index (χ1) is 26.8. The summed E-state index contributed by atoms with van der Waals surface area (Å²) in [6.07, 6.45) is 30.1. The number of quaternary nitrogens is 1. The van der Waals surface area contributed by atoms with Crippen molar-refractivity contribution in [2.24, 2.45) is 11.8 Å². The van der Waals surface area contributed by atoms with Crippen LogP contribution < -0.4 is 5.32 Å². The van der Waals surface area contributed by atoms with Crippen LogP contribution in [-0.2, 0) is 23.1 Å². The zero-order valence-electron chi connectivity index (χ0n) is 36.3. The van der Waals surface area contributed by atoms with Gasteiger partial charge in [0.05, 0.1) is 58.7 Å². The Labute approximate surface area is 342 Å². The highest BCUT2D eigenvalue weighted by atomic mass is 31.2. The average Bonchev–Trinajstić information content (AvgIpc) is 3.40. The molecule has 0 aromatic rings. The molecule has 2 unspecified atom stereocenters. The Kier molecular flexibility index (Phi) is 30.9. The fraction of sp³-hybridized carbons (Fsp3) is 0.886. The molecule has 11 nitrogen and oxygen atoms in total. The van der Waals surface area contributed by atoms with Gasteiger partial charge in [-0.25, -0.2) is 4.57 Å². The van der Waals surface area contributed by atoms with E-state index >= 15 is 0 Å². The maximum absolute atomic E-state index is 12.9. The number of allylic oxidation sites excluding steroid dienone is 2. The van der Waals surface area contributed by atoms with E-state index in [1.165, 1.54) is 77.0 Å². The van der Waals surface area contributed by atoms with Crippen LogP contribution in [0.15, 0.2) is 24.3 Å². The number of hydrogen-bond donors (Lipinski definition) is 5. The van der Waals surface area contributed by atoms with Gasteiger partial charge < -0.3 is 34.7 Å². The topological polar surface area (TPSA) is 155 Å². The highest BCUT2D eigenvalue weighted by Crippen LogP contribution is 2.43. The fourth-order valence-corrected chi connectivity index (χ4v) is 7.88. The van der Waals surface area contributed by atoms with Gasteiger partial charge in [0, 0.05) is 25.4 Å². The van der Waals surface area contributed by atoms with Crippen molar-refractivity contribution in [2.75, 3.05) is 54.1 Å². The minimum atomic E-state index is -4.30. The number of rotatable bonds is 37. The number of carbonyl (C=O) groups is 1. The van der Waals surface area contributed by atoms with E-state index < -0.39 is 32.2 Å². The Morgan fingerprint density at radius 1 is 0.786 bits per heavy atom. The molecule has 7 atom stereocenters. The summed E-state index contributed by atoms with van der Waals surface area (Å²) >= 11 is 0. The van der Waals surface area contributed by atoms with Gasteiger partial charge in [0.2, 0.25) is 5.91 Å². The second-order valence-corrected chi connectivity index (χ2v) is 18.7. The first-order valence-electron chi connectivity index (χ1n) is 22.4. The molecule has 330 valence electrons. The zero-order chi connectivity index (χ0) is 41.5. The number of unbranched alkanes of at least 4 members (excludes halogenated alkanes) is 16. The SMILES string of the molecule is CCCCCCCCCCCCCCCCOCC(COP(=O)(O)OCC[N+](C)(C)C)NC(=O)CCC/C=C\C[C@H]1[C@@H](/C=C/[C@@H](O)CCCCC)[C@H](O)C[C@@H]1O. The first-order valence-corrected chi connectivity index (χ1v) is 23.9. The van der Waals surface area contributed by atoms with Crippen molar-refractivity contribution in [1.82, 2.24) is 5.32 Å². The van der Waals surface area contributed by atoms with E-state index in [0.717, 1.165) is 32.1 Å². The molecule has 1 amide bonds. The molecule has 0 radical (unpaired) electrons. The molecule has 1 aliphatic carbocycles. The molecular formula is C44H86N2O9P+. The summed E-state index contributed by atoms with van der Waals surface area (Å²) in [7, 11) is 1.59. The Balaban J connectivity index is 2.46. The monoisotopic (exact) mass is 818 g/mol. The quantitative estimate of drug-likeness (QED) is 0.0179. The number of nitrogens with one attached hydrogen (secondary N) is 1. The largest absolute Gasteiger partial charge is 0.472 e. The predicted molar refractivity (Wildman–Crippen MR) is 228 cm³/mol. The normalized spacial score (nSPS) is 21.2. The standard InChI is InChI=1S/C44H85N2O9P/c1-6-8-10-11-12-13-14-15-16-17-18-19-22-26-33-53-36-38(37-55-56(51,52)54-34-32-46(3,4)5)45-44(50)29-25-21-20-24-28-40-41(43(49)35-42(40)48)31-30-39(47)27-23-9-7-2/h20,24,30-31,38-43,47-49H,6-19,21-23,25-29,32-37H2,1-5H3,(H-,45,50,51,52)/p+1/b24-20-,31-30+/t38?,39-,40-,41+,42-,43+/m0/s1. The Bertz CT molecular complexity index is 1070. The van der Waals surface area contributed by atoms with Crippen LogP contribution >= 0.6 is 7.82 Å². The summed E-state index contributed by atoms with van der Waals surface area (Å²) in [4.78, 5) is 23.2. The lowest BCUT2D eigenvalue weighted by Gasteiger charge is -2.24. The lowest BCUT2D eigenvalue weighted by molar-refractivity contribution is -0.870.